The predicted octanol–water partition coefficient (Wildman–Crippen LogP) is 3.95. The van der Waals surface area contributed by atoms with Gasteiger partial charge in [-0.2, -0.15) is 0 Å². The summed E-state index contributed by atoms with van der Waals surface area (Å²) in [4.78, 5) is 73.6. The molecule has 5 bridgehead atoms. The van der Waals surface area contributed by atoms with Gasteiger partial charge >= 0.3 is 11.8 Å². The Kier molecular flexibility index (Phi) is 16.4. The summed E-state index contributed by atoms with van der Waals surface area (Å²) in [5, 5.41) is 51.0. The summed E-state index contributed by atoms with van der Waals surface area (Å²) in [6.45, 7) is 20.7. The van der Waals surface area contributed by atoms with Crippen molar-refractivity contribution in [3.05, 3.63) is 58.0 Å². The molecule has 71 heavy (non-hydrogen) atoms. The molecule has 6 aliphatic heterocycles. The Morgan fingerprint density at radius 3 is 2.30 bits per heavy atom. The van der Waals surface area contributed by atoms with Crippen molar-refractivity contribution in [1.82, 2.24) is 19.6 Å². The number of allylic oxidation sites excluding steroid dienone is 3. The van der Waals surface area contributed by atoms with Crippen LogP contribution in [-0.4, -0.2) is 166 Å². The standard InChI is InChI=1S/C53H75N7O11/c1-30(2)29-59-19-17-53(18-20-59)55-42-39-40-47(65)35(7)49-41(39)50(67)52(8,71-49)69-27-12-11-16-36(70-38(62)28-37(61)60-25-23-58(24-26-60)22-21-57(9)10)33(5)46(64)34(6)45(63)31(3)14-13-15-32(4)51(68)54-44(48(40)66)43(42)56-53/h12-15,27,30-31,33-34,36,45-46,55,63-66H,11,16-26,28-29H2,1-10H3/b14-13+,27-12+,32-15-,54-44?/t31?,33-,34+,36+,45-,46?,52-/m0/s1. The van der Waals surface area contributed by atoms with Gasteiger partial charge in [0.2, 0.25) is 5.91 Å². The molecule has 6 heterocycles. The van der Waals surface area contributed by atoms with Gasteiger partial charge < -0.3 is 54.7 Å². The fourth-order valence-electron chi connectivity index (χ4n) is 10.4. The van der Waals surface area contributed by atoms with Crippen LogP contribution in [0.4, 0.5) is 5.69 Å². The molecule has 2 aromatic carbocycles. The van der Waals surface area contributed by atoms with E-state index in [0.29, 0.717) is 50.6 Å². The molecule has 0 aliphatic carbocycles. The monoisotopic (exact) mass is 986 g/mol. The van der Waals surface area contributed by atoms with Crippen LogP contribution in [0.25, 0.3) is 10.8 Å². The minimum Gasteiger partial charge on any atom is -0.507 e. The van der Waals surface area contributed by atoms with Crippen molar-refractivity contribution in [2.24, 2.45) is 33.7 Å². The number of ketones is 1. The van der Waals surface area contributed by atoms with E-state index in [1.54, 1.807) is 57.7 Å². The van der Waals surface area contributed by atoms with E-state index < -0.39 is 77.3 Å². The number of hydrogen-bond donors (Lipinski definition) is 5. The van der Waals surface area contributed by atoms with Gasteiger partial charge in [-0.1, -0.05) is 52.8 Å². The highest BCUT2D eigenvalue weighted by Gasteiger charge is 2.50. The van der Waals surface area contributed by atoms with E-state index in [4.69, 9.17) is 19.2 Å². The average molecular weight is 986 g/mol. The topological polar surface area (TPSA) is 227 Å². The molecule has 0 radical (unpaired) electrons. The van der Waals surface area contributed by atoms with Gasteiger partial charge in [-0.25, -0.2) is 4.99 Å². The Morgan fingerprint density at radius 2 is 1.63 bits per heavy atom. The average Bonchev–Trinajstić information content (AvgIpc) is 3.83. The fraction of sp³-hybridized carbons (Fsp3) is 0.623. The smallest absolute Gasteiger partial charge is 0.315 e. The number of esters is 1. The van der Waals surface area contributed by atoms with Gasteiger partial charge in [0.15, 0.2) is 5.75 Å². The Balaban J connectivity index is 1.22. The summed E-state index contributed by atoms with van der Waals surface area (Å²) in [7, 11) is 4.03. The zero-order chi connectivity index (χ0) is 51.7. The number of nitrogens with zero attached hydrogens (tertiary/aromatic N) is 6. The second-order valence-electron chi connectivity index (χ2n) is 21.2. The van der Waals surface area contributed by atoms with Crippen molar-refractivity contribution in [2.45, 2.75) is 117 Å². The number of phenols is 2. The van der Waals surface area contributed by atoms with Crippen LogP contribution in [0.3, 0.4) is 0 Å². The van der Waals surface area contributed by atoms with Crippen LogP contribution in [0.15, 0.2) is 46.1 Å². The number of anilines is 1. The largest absolute Gasteiger partial charge is 0.507 e. The maximum Gasteiger partial charge on any atom is 0.315 e. The number of carbonyl (C=O) groups excluding carboxylic acids is 4. The molecular weight excluding hydrogens is 911 g/mol. The number of likely N-dealkylation sites (N-methyl/N-ethyl adjacent to an activating group) is 1. The molecule has 2 unspecified atom stereocenters. The number of ether oxygens (including phenoxy) is 3. The maximum absolute atomic E-state index is 14.8. The molecule has 5 N–H and O–H groups in total. The number of hydrogen-bond acceptors (Lipinski definition) is 16. The first-order valence-electron chi connectivity index (χ1n) is 25.2. The number of aliphatic hydroxyl groups is 2. The molecule has 0 saturated carbocycles. The molecule has 18 heteroatoms. The van der Waals surface area contributed by atoms with Crippen molar-refractivity contribution in [3.63, 3.8) is 0 Å². The summed E-state index contributed by atoms with van der Waals surface area (Å²) in [5.41, 5.74) is -0.119. The number of phenolic OH excluding ortho intramolecular Hbond substituents is 2. The van der Waals surface area contributed by atoms with Crippen LogP contribution in [0, 0.1) is 30.6 Å². The van der Waals surface area contributed by atoms with Crippen LogP contribution < -0.4 is 20.8 Å². The minimum absolute atomic E-state index is 0.0595. The highest BCUT2D eigenvalue weighted by molar-refractivity contribution is 6.21. The molecule has 6 aliphatic rings. The number of rotatable bonds is 8. The second-order valence-corrected chi connectivity index (χ2v) is 21.2. The molecule has 8 rings (SSSR count). The van der Waals surface area contributed by atoms with Gasteiger partial charge in [-0.05, 0) is 52.8 Å². The summed E-state index contributed by atoms with van der Waals surface area (Å²) < 4.78 is 18.4. The number of fused-ring (bicyclic) bond motifs is 13. The number of likely N-dealkylation sites (tertiary alicyclic amines) is 1. The van der Waals surface area contributed by atoms with Gasteiger partial charge in [0.1, 0.15) is 40.4 Å². The Morgan fingerprint density at radius 1 is 0.944 bits per heavy atom. The highest BCUT2D eigenvalue weighted by atomic mass is 16.7. The first kappa shape index (κ1) is 53.4. The molecule has 2 fully saturated rings. The third-order valence-corrected chi connectivity index (χ3v) is 15.0. The first-order chi connectivity index (χ1) is 33.5. The van der Waals surface area contributed by atoms with E-state index in [9.17, 15) is 39.6 Å². The summed E-state index contributed by atoms with van der Waals surface area (Å²) in [5.74, 6) is -6.57. The van der Waals surface area contributed by atoms with Crippen molar-refractivity contribution < 1.29 is 53.8 Å². The lowest BCUT2D eigenvalue weighted by atomic mass is 9.81. The van der Waals surface area contributed by atoms with Crippen LogP contribution >= 0.6 is 0 Å². The number of piperazine rings is 1. The molecule has 388 valence electrons. The first-order valence-corrected chi connectivity index (χ1v) is 25.2. The number of aliphatic hydroxyl groups excluding tert-OH is 2. The van der Waals surface area contributed by atoms with Crippen LogP contribution in [0.5, 0.6) is 17.2 Å². The quantitative estimate of drug-likeness (QED) is 0.143. The zero-order valence-electron chi connectivity index (χ0n) is 43.2. The van der Waals surface area contributed by atoms with Gasteiger partial charge in [-0.15, -0.1) is 0 Å². The number of piperidine rings is 1. The van der Waals surface area contributed by atoms with Crippen LogP contribution in [0.1, 0.15) is 96.5 Å². The predicted molar refractivity (Wildman–Crippen MR) is 267 cm³/mol. The van der Waals surface area contributed by atoms with Crippen LogP contribution in [0.2, 0.25) is 0 Å². The lowest BCUT2D eigenvalue weighted by molar-refractivity contribution is -0.159. The molecule has 18 nitrogen and oxygen atoms in total. The van der Waals surface area contributed by atoms with Crippen molar-refractivity contribution in [2.75, 3.05) is 78.3 Å². The van der Waals surface area contributed by atoms with E-state index in [2.05, 4.69) is 38.9 Å². The summed E-state index contributed by atoms with van der Waals surface area (Å²) in [6.07, 6.45) is 5.83. The van der Waals surface area contributed by atoms with Crippen LogP contribution in [-0.2, 0) is 23.9 Å². The van der Waals surface area contributed by atoms with Crippen molar-refractivity contribution >= 4 is 40.0 Å². The molecular formula is C53H75N7O11. The van der Waals surface area contributed by atoms with Crippen molar-refractivity contribution in [3.8, 4) is 17.2 Å². The summed E-state index contributed by atoms with van der Waals surface area (Å²) in [6, 6.07) is 0. The van der Waals surface area contributed by atoms with Gasteiger partial charge in [0.25, 0.3) is 11.7 Å². The van der Waals surface area contributed by atoms with E-state index in [0.717, 1.165) is 32.7 Å². The molecule has 1 spiro atoms. The molecule has 2 aromatic rings. The normalized spacial score (nSPS) is 29.3. The number of benzene rings is 2. The molecule has 2 amide bonds. The number of Topliss-reactive ketones (excluding diaryl/α,β-unsaturated/α-hetero) is 1. The SMILES string of the molecule is C/C1=C/C=C/C(C)[C@H](O)[C@@H](C)C(O)[C@@H](C)[C@H](OC(=O)CC(=O)N2CCN(CCN(C)C)CC2)CC/C=C/O[C@@]2(C)Oc3c(C)c(O)c4c(O)c(c5c(c4c3C2=O)NC2(CCN(CC(C)C)CC2)N=5)=NC1=O. The third kappa shape index (κ3) is 11.3. The Labute approximate surface area is 416 Å². The molecule has 2 saturated heterocycles. The minimum atomic E-state index is -1.93. The molecule has 7 atom stereocenters. The van der Waals surface area contributed by atoms with E-state index in [1.165, 1.54) is 19.3 Å². The van der Waals surface area contributed by atoms with E-state index in [-0.39, 0.29) is 68.4 Å². The van der Waals surface area contributed by atoms with E-state index in [1.807, 2.05) is 14.1 Å². The Hall–Kier alpha value is -5.40. The van der Waals surface area contributed by atoms with Crippen molar-refractivity contribution in [1.29, 1.82) is 0 Å². The number of aromatic hydroxyl groups is 2. The number of nitrogens with one attached hydrogen (secondary N) is 1. The lowest BCUT2D eigenvalue weighted by Crippen LogP contribution is -2.50. The maximum atomic E-state index is 14.8. The molecule has 0 aromatic heterocycles. The Bertz CT molecular complexity index is 2600. The van der Waals surface area contributed by atoms with Gasteiger partial charge in [0.05, 0.1) is 35.1 Å². The number of amides is 2. The second kappa shape index (κ2) is 21.8. The zero-order valence-corrected chi connectivity index (χ0v) is 43.2. The summed E-state index contributed by atoms with van der Waals surface area (Å²) >= 11 is 0. The lowest BCUT2D eigenvalue weighted by Gasteiger charge is -2.38. The van der Waals surface area contributed by atoms with Gasteiger partial charge in [-0.3, -0.25) is 29.1 Å². The third-order valence-electron chi connectivity index (χ3n) is 15.0. The van der Waals surface area contributed by atoms with Gasteiger partial charge in [0, 0.05) is 113 Å². The highest BCUT2D eigenvalue weighted by Crippen LogP contribution is 2.51. The number of carbonyl (C=O) groups is 4. The fourth-order valence-corrected chi connectivity index (χ4v) is 10.4. The van der Waals surface area contributed by atoms with E-state index >= 15 is 0 Å².